The summed E-state index contributed by atoms with van der Waals surface area (Å²) in [5, 5.41) is 1.02. The molecular weight excluding hydrogens is 462 g/mol. The second-order valence-electron chi connectivity index (χ2n) is 8.26. The molecule has 1 heterocycles. The number of hydrogen-bond acceptors (Lipinski definition) is 4. The average Bonchev–Trinajstić information content (AvgIpc) is 2.88. The number of para-hydroxylation sites is 1. The normalized spacial score (nSPS) is 11.9. The molecule has 1 unspecified atom stereocenters. The molecule has 1 amide bonds. The zero-order valence-corrected chi connectivity index (χ0v) is 20.8. The van der Waals surface area contributed by atoms with Gasteiger partial charge in [-0.1, -0.05) is 43.6 Å². The first-order valence-electron chi connectivity index (χ1n) is 11.7. The topological polar surface area (TPSA) is 64.4 Å². The van der Waals surface area contributed by atoms with Gasteiger partial charge in [0.2, 0.25) is 0 Å². The van der Waals surface area contributed by atoms with Crippen LogP contribution in [0.5, 0.6) is 5.75 Å². The van der Waals surface area contributed by atoms with Gasteiger partial charge in [0, 0.05) is 17.1 Å². The molecule has 4 aromatic rings. The van der Waals surface area contributed by atoms with E-state index in [9.17, 15) is 9.59 Å². The minimum atomic E-state index is -0.430. The summed E-state index contributed by atoms with van der Waals surface area (Å²) in [5.41, 5.74) is 1.56. The van der Waals surface area contributed by atoms with Gasteiger partial charge >= 0.3 is 0 Å². The number of carbonyl (C=O) groups excluding carboxylic acids is 1. The summed E-state index contributed by atoms with van der Waals surface area (Å²) in [6.07, 6.45) is 1.33. The van der Waals surface area contributed by atoms with Crippen LogP contribution in [0.2, 0.25) is 5.02 Å². The number of hydrogen-bond donors (Lipinski definition) is 0. The second kappa shape index (κ2) is 10.7. The molecule has 0 N–H and O–H groups in total. The van der Waals surface area contributed by atoms with E-state index in [4.69, 9.17) is 21.3 Å². The summed E-state index contributed by atoms with van der Waals surface area (Å²) in [6.45, 7) is 4.54. The molecule has 0 saturated carbocycles. The molecule has 3 aromatic carbocycles. The van der Waals surface area contributed by atoms with Crippen molar-refractivity contribution in [1.82, 2.24) is 14.5 Å². The zero-order valence-electron chi connectivity index (χ0n) is 20.1. The molecule has 1 atom stereocenters. The van der Waals surface area contributed by atoms with Crippen LogP contribution in [0.4, 0.5) is 0 Å². The first-order valence-corrected chi connectivity index (χ1v) is 12.1. The standard InChI is InChI=1S/C28H28ClN3O3/c1-4-17-31(27(33)19-13-15-22(35-3)16-14-19)25(5-2)26-30-24-12-7-6-11-23(24)28(34)32(26)21-10-8-9-20(29)18-21/h6-16,18,25H,4-5,17H2,1-3H3. The van der Waals surface area contributed by atoms with Crippen LogP contribution in [0.25, 0.3) is 16.6 Å². The van der Waals surface area contributed by atoms with Gasteiger partial charge in [0.25, 0.3) is 11.5 Å². The second-order valence-corrected chi connectivity index (χ2v) is 8.70. The first-order chi connectivity index (χ1) is 17.0. The van der Waals surface area contributed by atoms with E-state index >= 15 is 0 Å². The third-order valence-corrected chi connectivity index (χ3v) is 6.23. The zero-order chi connectivity index (χ0) is 24.9. The van der Waals surface area contributed by atoms with E-state index in [2.05, 4.69) is 0 Å². The predicted molar refractivity (Wildman–Crippen MR) is 140 cm³/mol. The molecule has 0 aliphatic carbocycles. The van der Waals surface area contributed by atoms with E-state index in [0.29, 0.717) is 51.7 Å². The number of amides is 1. The highest BCUT2D eigenvalue weighted by Gasteiger charge is 2.29. The molecule has 0 spiro atoms. The SMILES string of the molecule is CCCN(C(=O)c1ccc(OC)cc1)C(CC)c1nc2ccccc2c(=O)n1-c1cccc(Cl)c1. The molecule has 4 rings (SSSR count). The van der Waals surface area contributed by atoms with Crippen molar-refractivity contribution in [2.75, 3.05) is 13.7 Å². The van der Waals surface area contributed by atoms with Gasteiger partial charge in [0.15, 0.2) is 0 Å². The number of methoxy groups -OCH3 is 1. The number of fused-ring (bicyclic) bond motifs is 1. The van der Waals surface area contributed by atoms with Gasteiger partial charge in [-0.05, 0) is 67.4 Å². The van der Waals surface area contributed by atoms with E-state index in [1.54, 1.807) is 65.1 Å². The van der Waals surface area contributed by atoms with E-state index in [1.807, 2.05) is 38.1 Å². The Kier molecular flexibility index (Phi) is 7.51. The Labute approximate surface area is 209 Å². The molecule has 0 aliphatic heterocycles. The van der Waals surface area contributed by atoms with Gasteiger partial charge in [-0.2, -0.15) is 0 Å². The lowest BCUT2D eigenvalue weighted by Gasteiger charge is -2.32. The molecule has 7 heteroatoms. The number of halogens is 1. The monoisotopic (exact) mass is 489 g/mol. The van der Waals surface area contributed by atoms with Gasteiger partial charge in [0.1, 0.15) is 11.6 Å². The number of carbonyl (C=O) groups is 1. The largest absolute Gasteiger partial charge is 0.497 e. The maximum Gasteiger partial charge on any atom is 0.266 e. The molecular formula is C28H28ClN3O3. The summed E-state index contributed by atoms with van der Waals surface area (Å²) in [4.78, 5) is 34.2. The number of nitrogens with zero attached hydrogens (tertiary/aromatic N) is 3. The van der Waals surface area contributed by atoms with Crippen LogP contribution in [0.3, 0.4) is 0 Å². The molecule has 0 bridgehead atoms. The first kappa shape index (κ1) is 24.5. The quantitative estimate of drug-likeness (QED) is 0.302. The molecule has 0 radical (unpaired) electrons. The Hall–Kier alpha value is -3.64. The molecule has 35 heavy (non-hydrogen) atoms. The average molecular weight is 490 g/mol. The van der Waals surface area contributed by atoms with Crippen molar-refractivity contribution in [1.29, 1.82) is 0 Å². The smallest absolute Gasteiger partial charge is 0.266 e. The Morgan fingerprint density at radius 2 is 1.80 bits per heavy atom. The molecule has 0 aliphatic rings. The fourth-order valence-corrected chi connectivity index (χ4v) is 4.50. The fourth-order valence-electron chi connectivity index (χ4n) is 4.32. The van der Waals surface area contributed by atoms with Gasteiger partial charge in [-0.3, -0.25) is 14.2 Å². The summed E-state index contributed by atoms with van der Waals surface area (Å²) < 4.78 is 6.83. The summed E-state index contributed by atoms with van der Waals surface area (Å²) in [5.74, 6) is 1.07. The van der Waals surface area contributed by atoms with Crippen molar-refractivity contribution in [3.8, 4) is 11.4 Å². The maximum absolute atomic E-state index is 13.7. The van der Waals surface area contributed by atoms with Gasteiger partial charge in [-0.15, -0.1) is 0 Å². The highest BCUT2D eigenvalue weighted by molar-refractivity contribution is 6.30. The van der Waals surface area contributed by atoms with Crippen molar-refractivity contribution >= 4 is 28.4 Å². The fraction of sp³-hybridized carbons (Fsp3) is 0.250. The van der Waals surface area contributed by atoms with Crippen LogP contribution >= 0.6 is 11.6 Å². The highest BCUT2D eigenvalue weighted by Crippen LogP contribution is 2.28. The predicted octanol–water partition coefficient (Wildman–Crippen LogP) is 6.05. The molecule has 6 nitrogen and oxygen atoms in total. The minimum Gasteiger partial charge on any atom is -0.497 e. The Bertz CT molecular complexity index is 1400. The Balaban J connectivity index is 1.92. The van der Waals surface area contributed by atoms with Crippen LogP contribution in [-0.4, -0.2) is 34.0 Å². The van der Waals surface area contributed by atoms with Crippen LogP contribution in [0.15, 0.2) is 77.6 Å². The number of benzene rings is 3. The van der Waals surface area contributed by atoms with Crippen LogP contribution < -0.4 is 10.3 Å². The number of rotatable bonds is 8. The van der Waals surface area contributed by atoms with Crippen LogP contribution in [-0.2, 0) is 0 Å². The van der Waals surface area contributed by atoms with Crippen molar-refractivity contribution < 1.29 is 9.53 Å². The summed E-state index contributed by atoms with van der Waals surface area (Å²) in [6, 6.07) is 21.0. The lowest BCUT2D eigenvalue weighted by Crippen LogP contribution is -2.39. The molecule has 0 saturated heterocycles. The lowest BCUT2D eigenvalue weighted by molar-refractivity contribution is 0.0659. The van der Waals surface area contributed by atoms with Gasteiger partial charge in [0.05, 0.1) is 29.7 Å². The van der Waals surface area contributed by atoms with E-state index < -0.39 is 6.04 Å². The van der Waals surface area contributed by atoms with Crippen molar-refractivity contribution in [2.45, 2.75) is 32.7 Å². The Morgan fingerprint density at radius 1 is 1.06 bits per heavy atom. The maximum atomic E-state index is 13.7. The van der Waals surface area contributed by atoms with Crippen molar-refractivity contribution in [2.24, 2.45) is 0 Å². The molecule has 0 fully saturated rings. The minimum absolute atomic E-state index is 0.124. The molecule has 180 valence electrons. The van der Waals surface area contributed by atoms with Crippen LogP contribution in [0.1, 0.15) is 48.9 Å². The van der Waals surface area contributed by atoms with E-state index in [0.717, 1.165) is 6.42 Å². The third kappa shape index (κ3) is 4.93. The Morgan fingerprint density at radius 3 is 2.46 bits per heavy atom. The van der Waals surface area contributed by atoms with E-state index in [1.165, 1.54) is 0 Å². The van der Waals surface area contributed by atoms with Crippen LogP contribution in [0, 0.1) is 0 Å². The number of ether oxygens (including phenoxy) is 1. The molecule has 1 aromatic heterocycles. The van der Waals surface area contributed by atoms with Gasteiger partial charge < -0.3 is 9.64 Å². The summed E-state index contributed by atoms with van der Waals surface area (Å²) in [7, 11) is 1.59. The van der Waals surface area contributed by atoms with E-state index in [-0.39, 0.29) is 11.5 Å². The highest BCUT2D eigenvalue weighted by atomic mass is 35.5. The van der Waals surface area contributed by atoms with Gasteiger partial charge in [-0.25, -0.2) is 4.98 Å². The number of aromatic nitrogens is 2. The third-order valence-electron chi connectivity index (χ3n) is 5.99. The van der Waals surface area contributed by atoms with Crippen molar-refractivity contribution in [3.05, 3.63) is 99.6 Å². The van der Waals surface area contributed by atoms with Crippen molar-refractivity contribution in [3.63, 3.8) is 0 Å². The lowest BCUT2D eigenvalue weighted by atomic mass is 10.1. The summed E-state index contributed by atoms with van der Waals surface area (Å²) >= 11 is 6.29.